The van der Waals surface area contributed by atoms with Crippen LogP contribution in [0, 0.1) is 17.8 Å². The molecule has 6 aromatic rings. The highest BCUT2D eigenvalue weighted by Gasteiger charge is 2.44. The first-order valence-electron chi connectivity index (χ1n) is 28.6. The number of hydrogen-bond acceptors (Lipinski definition) is 19. The van der Waals surface area contributed by atoms with Gasteiger partial charge in [0.15, 0.2) is 23.3 Å². The van der Waals surface area contributed by atoms with E-state index in [9.17, 15) is 28.2 Å². The zero-order chi connectivity index (χ0) is 63.3. The average Bonchev–Trinajstić information content (AvgIpc) is 1.88. The summed E-state index contributed by atoms with van der Waals surface area (Å²) in [5.74, 6) is -0.315. The van der Waals surface area contributed by atoms with Crippen LogP contribution in [0.2, 0.25) is 5.02 Å². The van der Waals surface area contributed by atoms with E-state index in [2.05, 4.69) is 74.6 Å². The number of halogens is 1. The number of fused-ring (bicyclic) bond motifs is 4. The van der Waals surface area contributed by atoms with Crippen LogP contribution in [0.5, 0.6) is 5.75 Å². The molecule has 1 unspecified atom stereocenters. The lowest BCUT2D eigenvalue weighted by molar-refractivity contribution is 0.0131. The van der Waals surface area contributed by atoms with Crippen LogP contribution in [-0.2, 0) is 64.2 Å². The number of benzene rings is 2. The third-order valence-corrected chi connectivity index (χ3v) is 17.5. The molecule has 4 aromatic heterocycles. The molecule has 7 N–H and O–H groups in total. The van der Waals surface area contributed by atoms with Crippen LogP contribution in [0.1, 0.15) is 116 Å². The SMILES string of the molecule is CCOC(=O)c1cn(C)nc1N.CCOC(=O)c1cn(C)nc1NC.CNc1nn(C)cc1C(=O)NS1(=O)=NC(=O)c2ccc3c(c2)N(C[C@@H]2CC[C@H]2[C@@H](OC)/C=C/C[C@H](C)C1)C[C@@]1(CCCc2cc(Cl)ccc21)CO3.CNc1nn(C)cc1C(=O)O. The lowest BCUT2D eigenvalue weighted by Crippen LogP contribution is -2.49. The van der Waals surface area contributed by atoms with Crippen molar-refractivity contribution < 1.29 is 52.2 Å². The van der Waals surface area contributed by atoms with Crippen LogP contribution in [0.3, 0.4) is 0 Å². The summed E-state index contributed by atoms with van der Waals surface area (Å²) in [6.07, 6.45) is 16.0. The maximum absolute atomic E-state index is 14.6. The van der Waals surface area contributed by atoms with Crippen molar-refractivity contribution >= 4 is 80.2 Å². The van der Waals surface area contributed by atoms with Crippen molar-refractivity contribution in [2.45, 2.75) is 70.8 Å². The van der Waals surface area contributed by atoms with Crippen LogP contribution in [0.15, 0.2) is 77.7 Å². The quantitative estimate of drug-likeness (QED) is 0.0553. The van der Waals surface area contributed by atoms with Crippen molar-refractivity contribution in [2.75, 3.05) is 93.5 Å². The molecular weight excluding hydrogens is 1160 g/mol. The van der Waals surface area contributed by atoms with Crippen LogP contribution >= 0.6 is 11.6 Å². The highest BCUT2D eigenvalue weighted by atomic mass is 35.5. The van der Waals surface area contributed by atoms with Gasteiger partial charge in [-0.25, -0.2) is 18.6 Å². The van der Waals surface area contributed by atoms with E-state index in [4.69, 9.17) is 41.4 Å². The Kier molecular flexibility index (Phi) is 22.3. The number of aryl methyl sites for hydroxylation is 5. The van der Waals surface area contributed by atoms with Crippen molar-refractivity contribution in [3.05, 3.63) is 117 Å². The summed E-state index contributed by atoms with van der Waals surface area (Å²) < 4.78 is 49.8. The third kappa shape index (κ3) is 16.2. The van der Waals surface area contributed by atoms with Gasteiger partial charge in [0.25, 0.3) is 11.8 Å². The molecule has 2 amide bonds. The number of nitrogens with one attached hydrogen (secondary N) is 4. The Hall–Kier alpha value is -8.43. The molecule has 1 fully saturated rings. The lowest BCUT2D eigenvalue weighted by Gasteiger charge is -2.46. The van der Waals surface area contributed by atoms with Gasteiger partial charge in [0, 0.05) is 110 Å². The lowest BCUT2D eigenvalue weighted by atomic mass is 9.68. The minimum Gasteiger partial charge on any atom is -0.490 e. The Bertz CT molecular complexity index is 3600. The zero-order valence-corrected chi connectivity index (χ0v) is 52.7. The molecule has 4 aliphatic rings. The number of carboxylic acids is 1. The molecule has 6 atom stereocenters. The number of amides is 2. The number of rotatable bonds is 11. The largest absolute Gasteiger partial charge is 0.490 e. The molecule has 0 saturated heterocycles. The van der Waals surface area contributed by atoms with E-state index in [-0.39, 0.29) is 51.7 Å². The van der Waals surface area contributed by atoms with Crippen LogP contribution < -0.4 is 36.0 Å². The molecule has 28 heteroatoms. The van der Waals surface area contributed by atoms with E-state index in [0.29, 0.717) is 79.0 Å². The normalized spacial score (nSPS) is 21.5. The fraction of sp³-hybridized carbons (Fsp3) is 0.475. The zero-order valence-electron chi connectivity index (χ0n) is 51.1. The topological polar surface area (TPSA) is 321 Å². The van der Waals surface area contributed by atoms with Crippen LogP contribution in [0.25, 0.3) is 0 Å². The number of allylic oxidation sites excluding steroid dienone is 1. The standard InChI is InChI=1S/C38H47ClN6O5S.C8H13N3O2.C7H11N3O2.C6H9N3O2/c1-24-7-5-9-33(49-4)29-13-10-27(29)19-45-22-38(16-6-8-25-17-28(39)12-14-31(25)38)23-50-34-15-11-26(18-32(34)45)36(46)42-51(48,21-24)43-37(47)30-20-44(3)41-35(30)40-2;1-4-13-8(12)6-5-11(3)10-7(6)9-2;1-3-12-7(11)5-4-10(2)9-6(5)8;1-7-5-4(6(10)11)3-9(2)8-5/h5,9,11-12,14-15,17-18,20,24,27,29,33H,6-8,10,13,16,19,21-23H2,1-4H3,(H,40,41)(H,42,43,46,47,48);5H,4H2,1-3H3,(H,9,10);4H,3H2,1-2H3,(H2,8,9);3H,1-2H3,(H,7,8)(H,10,11)/b9-5+;;;/t24-,27-,29+,33-,38-,51?;;;/m0.../s1. The summed E-state index contributed by atoms with van der Waals surface area (Å²) in [5, 5.41) is 33.7. The van der Waals surface area contributed by atoms with E-state index < -0.39 is 33.7 Å². The molecule has 1 saturated carbocycles. The highest BCUT2D eigenvalue weighted by molar-refractivity contribution is 7.92. The van der Waals surface area contributed by atoms with Gasteiger partial charge in [0.1, 0.15) is 37.9 Å². The van der Waals surface area contributed by atoms with Gasteiger partial charge in [-0.1, -0.05) is 36.7 Å². The fourth-order valence-corrected chi connectivity index (χ4v) is 13.2. The number of esters is 2. The highest BCUT2D eigenvalue weighted by Crippen LogP contribution is 2.47. The van der Waals surface area contributed by atoms with Crippen molar-refractivity contribution in [3.63, 3.8) is 0 Å². The number of aromatic carboxylic acids is 1. The number of anilines is 5. The number of carboxylic acid groups (broad SMARTS) is 1. The Balaban J connectivity index is 0.000000240. The monoisotopic (exact) mass is 1240 g/mol. The number of nitrogens with two attached hydrogens (primary N) is 1. The Morgan fingerprint density at radius 1 is 0.828 bits per heavy atom. The van der Waals surface area contributed by atoms with Crippen molar-refractivity contribution in [3.8, 4) is 5.75 Å². The van der Waals surface area contributed by atoms with E-state index in [1.54, 1.807) is 93.4 Å². The van der Waals surface area contributed by atoms with E-state index in [1.165, 1.54) is 37.6 Å². The van der Waals surface area contributed by atoms with Gasteiger partial charge in [0.05, 0.1) is 37.4 Å². The average molecular weight is 1240 g/mol. The smallest absolute Gasteiger partial charge is 0.343 e. The van der Waals surface area contributed by atoms with Crippen LogP contribution in [0.4, 0.5) is 29.0 Å². The van der Waals surface area contributed by atoms with Gasteiger partial charge in [-0.2, -0.15) is 20.4 Å². The second-order valence-electron chi connectivity index (χ2n) is 21.7. The summed E-state index contributed by atoms with van der Waals surface area (Å²) in [4.78, 5) is 62.9. The molecule has 87 heavy (non-hydrogen) atoms. The number of carbonyl (C=O) groups excluding carboxylic acids is 4. The number of nitrogens with zero attached hydrogens (tertiary/aromatic N) is 10. The maximum Gasteiger partial charge on any atom is 0.343 e. The van der Waals surface area contributed by atoms with E-state index in [1.807, 2.05) is 25.1 Å². The Morgan fingerprint density at radius 2 is 1.43 bits per heavy atom. The summed E-state index contributed by atoms with van der Waals surface area (Å²) in [6.45, 7) is 8.16. The molecule has 2 aromatic carbocycles. The predicted molar refractivity (Wildman–Crippen MR) is 332 cm³/mol. The first kappa shape index (κ1) is 66.1. The molecule has 2 bridgehead atoms. The van der Waals surface area contributed by atoms with Gasteiger partial charge in [-0.15, -0.1) is 4.36 Å². The minimum atomic E-state index is -3.57. The summed E-state index contributed by atoms with van der Waals surface area (Å²) in [6, 6.07) is 11.6. The first-order valence-corrected chi connectivity index (χ1v) is 30.7. The third-order valence-electron chi connectivity index (χ3n) is 15.3. The number of methoxy groups -OCH3 is 1. The van der Waals surface area contributed by atoms with E-state index in [0.717, 1.165) is 49.4 Å². The second-order valence-corrected chi connectivity index (χ2v) is 24.1. The molecule has 470 valence electrons. The predicted octanol–water partition coefficient (Wildman–Crippen LogP) is 7.16. The number of hydrogen-bond donors (Lipinski definition) is 6. The number of ether oxygens (including phenoxy) is 4. The molecule has 1 spiro atoms. The number of nitrogen functional groups attached to an aromatic ring is 1. The molecule has 0 radical (unpaired) electrons. The minimum absolute atomic E-state index is 0.0141. The maximum atomic E-state index is 14.6. The molecule has 10 rings (SSSR count). The molecule has 2 aliphatic heterocycles. The molecule has 2 aliphatic carbocycles. The van der Waals surface area contributed by atoms with Crippen molar-refractivity contribution in [2.24, 2.45) is 50.3 Å². The summed E-state index contributed by atoms with van der Waals surface area (Å²) in [7, 11) is 10.0. The first-order chi connectivity index (χ1) is 41.5. The van der Waals surface area contributed by atoms with Gasteiger partial charge in [0.2, 0.25) is 0 Å². The fourth-order valence-electron chi connectivity index (χ4n) is 11.1. The van der Waals surface area contributed by atoms with Crippen LogP contribution in [-0.4, -0.2) is 151 Å². The van der Waals surface area contributed by atoms with Gasteiger partial charge in [-0.05, 0) is 112 Å². The van der Waals surface area contributed by atoms with Gasteiger partial charge >= 0.3 is 17.9 Å². The Morgan fingerprint density at radius 3 is 2.00 bits per heavy atom. The van der Waals surface area contributed by atoms with E-state index >= 15 is 0 Å². The number of carbonyl (C=O) groups is 5. The summed E-state index contributed by atoms with van der Waals surface area (Å²) in [5.41, 5.74) is 9.99. The van der Waals surface area contributed by atoms with Gasteiger partial charge < -0.3 is 50.6 Å². The van der Waals surface area contributed by atoms with Crippen molar-refractivity contribution in [1.82, 2.24) is 43.8 Å². The number of aromatic nitrogens is 8. The molecule has 26 nitrogen and oxygen atoms in total. The Labute approximate surface area is 511 Å². The van der Waals surface area contributed by atoms with Gasteiger partial charge in [-0.3, -0.25) is 33.0 Å². The molecule has 6 heterocycles. The molecular formula is C59H80ClN15O11S. The summed E-state index contributed by atoms with van der Waals surface area (Å²) >= 11 is 6.46. The van der Waals surface area contributed by atoms with Crippen molar-refractivity contribution in [1.29, 1.82) is 0 Å². The second kappa shape index (κ2) is 29.3.